The first-order chi connectivity index (χ1) is 8.29. The molecule has 1 aromatic heterocycles. The number of rotatable bonds is 4. The highest BCUT2D eigenvalue weighted by Crippen LogP contribution is 2.34. The van der Waals surface area contributed by atoms with Gasteiger partial charge >= 0.3 is 0 Å². The van der Waals surface area contributed by atoms with Crippen molar-refractivity contribution in [3.05, 3.63) is 24.5 Å². The van der Waals surface area contributed by atoms with Gasteiger partial charge in [-0.1, -0.05) is 0 Å². The standard InChI is InChI=1S/C9H9Br3N2O3S/c10-9(11,12)8(15)13-7-2-1-3-14(6-7)4-5-18(16)17/h1-3,6H,4-5H2,(H-,13,15,16,17). The molecule has 9 heteroatoms. The molecule has 5 nitrogen and oxygen atoms in total. The van der Waals surface area contributed by atoms with Crippen molar-refractivity contribution in [2.45, 2.75) is 8.69 Å². The van der Waals surface area contributed by atoms with Crippen molar-refractivity contribution in [1.29, 1.82) is 0 Å². The fourth-order valence-corrected chi connectivity index (χ4v) is 1.77. The van der Waals surface area contributed by atoms with Gasteiger partial charge < -0.3 is 9.87 Å². The van der Waals surface area contributed by atoms with Crippen LogP contribution in [0, 0.1) is 0 Å². The zero-order chi connectivity index (χ0) is 13.8. The zero-order valence-corrected chi connectivity index (χ0v) is 14.5. The molecule has 1 aromatic rings. The van der Waals surface area contributed by atoms with Crippen LogP contribution in [-0.4, -0.2) is 22.6 Å². The number of nitrogens with zero attached hydrogens (tertiary/aromatic N) is 1. The van der Waals surface area contributed by atoms with Gasteiger partial charge in [0, 0.05) is 6.07 Å². The largest absolute Gasteiger partial charge is 0.772 e. The van der Waals surface area contributed by atoms with E-state index < -0.39 is 13.2 Å². The molecule has 0 spiro atoms. The van der Waals surface area contributed by atoms with Crippen LogP contribution in [0.2, 0.25) is 0 Å². The number of aryl methyl sites for hydroxylation is 1. The Labute approximate surface area is 132 Å². The fraction of sp³-hybridized carbons (Fsp3) is 0.333. The van der Waals surface area contributed by atoms with Crippen LogP contribution >= 0.6 is 47.8 Å². The van der Waals surface area contributed by atoms with Crippen molar-refractivity contribution >= 4 is 70.5 Å². The molecule has 1 unspecified atom stereocenters. The Morgan fingerprint density at radius 2 is 2.17 bits per heavy atom. The molecule has 18 heavy (non-hydrogen) atoms. The average molecular weight is 465 g/mol. The van der Waals surface area contributed by atoms with Crippen LogP contribution in [0.15, 0.2) is 24.5 Å². The van der Waals surface area contributed by atoms with E-state index in [1.54, 1.807) is 29.1 Å². The number of halogens is 3. The van der Waals surface area contributed by atoms with E-state index in [0.717, 1.165) is 0 Å². The number of hydrogen-bond acceptors (Lipinski definition) is 3. The smallest absolute Gasteiger partial charge is 0.263 e. The van der Waals surface area contributed by atoms with Crippen molar-refractivity contribution in [3.63, 3.8) is 0 Å². The minimum Gasteiger partial charge on any atom is -0.772 e. The topological polar surface area (TPSA) is 73.1 Å². The Kier molecular flexibility index (Phi) is 6.39. The number of alkyl halides is 3. The third-order valence-electron chi connectivity index (χ3n) is 1.89. The summed E-state index contributed by atoms with van der Waals surface area (Å²) in [4.78, 5) is 11.7. The molecular formula is C9H9Br3N2O3S. The number of nitrogens with one attached hydrogen (secondary N) is 1. The molecule has 0 saturated carbocycles. The third kappa shape index (κ3) is 5.87. The number of anilines is 1. The van der Waals surface area contributed by atoms with E-state index in [1.165, 1.54) is 0 Å². The summed E-state index contributed by atoms with van der Waals surface area (Å²) in [6.07, 6.45) is 3.38. The van der Waals surface area contributed by atoms with Crippen LogP contribution in [0.5, 0.6) is 0 Å². The van der Waals surface area contributed by atoms with Crippen molar-refractivity contribution in [2.24, 2.45) is 0 Å². The molecule has 0 bridgehead atoms. The van der Waals surface area contributed by atoms with E-state index in [4.69, 9.17) is 0 Å². The predicted molar refractivity (Wildman–Crippen MR) is 78.6 cm³/mol. The normalized spacial score (nSPS) is 13.1. The molecule has 0 radical (unpaired) electrons. The lowest BCUT2D eigenvalue weighted by Crippen LogP contribution is -2.36. The van der Waals surface area contributed by atoms with Gasteiger partial charge in [-0.15, -0.1) is 0 Å². The number of amides is 1. The molecule has 0 aliphatic rings. The summed E-state index contributed by atoms with van der Waals surface area (Å²) in [6, 6.07) is 3.43. The van der Waals surface area contributed by atoms with E-state index in [-0.39, 0.29) is 11.7 Å². The van der Waals surface area contributed by atoms with Gasteiger partial charge in [-0.05, 0) is 64.9 Å². The van der Waals surface area contributed by atoms with Crippen molar-refractivity contribution in [3.8, 4) is 0 Å². The van der Waals surface area contributed by atoms with Gasteiger partial charge in [-0.3, -0.25) is 9.00 Å². The van der Waals surface area contributed by atoms with Crippen LogP contribution in [0.1, 0.15) is 0 Å². The highest BCUT2D eigenvalue weighted by Gasteiger charge is 2.28. The first-order valence-electron chi connectivity index (χ1n) is 4.72. The first-order valence-corrected chi connectivity index (χ1v) is 8.34. The maximum atomic E-state index is 11.7. The van der Waals surface area contributed by atoms with Crippen molar-refractivity contribution < 1.29 is 18.1 Å². The Bertz CT molecular complexity index is 465. The molecule has 100 valence electrons. The van der Waals surface area contributed by atoms with Crippen molar-refractivity contribution in [2.75, 3.05) is 11.1 Å². The summed E-state index contributed by atoms with van der Waals surface area (Å²) in [5.74, 6) is -0.297. The zero-order valence-electron chi connectivity index (χ0n) is 8.94. The monoisotopic (exact) mass is 462 g/mol. The van der Waals surface area contributed by atoms with Gasteiger partial charge in [0.05, 0.1) is 5.75 Å². The second kappa shape index (κ2) is 7.09. The molecule has 1 heterocycles. The van der Waals surface area contributed by atoms with Crippen LogP contribution < -0.4 is 9.88 Å². The molecule has 0 fully saturated rings. The van der Waals surface area contributed by atoms with Gasteiger partial charge in [-0.2, -0.15) is 0 Å². The SMILES string of the molecule is O=C(Nc1ccc[n+](CCS(=O)[O-])c1)C(Br)(Br)Br. The van der Waals surface area contributed by atoms with E-state index in [2.05, 4.69) is 53.1 Å². The quantitative estimate of drug-likeness (QED) is 0.418. The summed E-state index contributed by atoms with van der Waals surface area (Å²) in [6.45, 7) is 0.335. The maximum Gasteiger partial charge on any atom is 0.263 e. The van der Waals surface area contributed by atoms with Crippen LogP contribution in [0.4, 0.5) is 5.69 Å². The van der Waals surface area contributed by atoms with Crippen LogP contribution in [0.25, 0.3) is 0 Å². The lowest BCUT2D eigenvalue weighted by molar-refractivity contribution is -0.691. The Hall–Kier alpha value is 0.170. The molecule has 1 amide bonds. The molecule has 1 N–H and O–H groups in total. The molecule has 0 aromatic carbocycles. The number of hydrogen-bond donors (Lipinski definition) is 1. The number of pyridine rings is 1. The summed E-state index contributed by atoms with van der Waals surface area (Å²) in [5, 5.41) is 2.66. The number of carbonyl (C=O) groups is 1. The summed E-state index contributed by atoms with van der Waals surface area (Å²) in [5.41, 5.74) is 0.571. The highest BCUT2D eigenvalue weighted by molar-refractivity contribution is 9.40. The maximum absolute atomic E-state index is 11.7. The van der Waals surface area contributed by atoms with Gasteiger partial charge in [-0.25, -0.2) is 4.57 Å². The van der Waals surface area contributed by atoms with Crippen LogP contribution in [0.3, 0.4) is 0 Å². The second-order valence-electron chi connectivity index (χ2n) is 3.29. The van der Waals surface area contributed by atoms with E-state index in [1.807, 2.05) is 0 Å². The molecule has 0 aliphatic carbocycles. The minimum absolute atomic E-state index is 0.0291. The summed E-state index contributed by atoms with van der Waals surface area (Å²) in [7, 11) is 0. The highest BCUT2D eigenvalue weighted by atomic mass is 80.0. The molecular weight excluding hydrogens is 456 g/mol. The second-order valence-corrected chi connectivity index (χ2v) is 11.1. The summed E-state index contributed by atoms with van der Waals surface area (Å²) < 4.78 is 21.6. The fourth-order valence-electron chi connectivity index (χ4n) is 1.12. The third-order valence-corrected chi connectivity index (χ3v) is 3.49. The van der Waals surface area contributed by atoms with Gasteiger partial charge in [0.2, 0.25) is 2.14 Å². The van der Waals surface area contributed by atoms with E-state index >= 15 is 0 Å². The summed E-state index contributed by atoms with van der Waals surface area (Å²) >= 11 is 7.23. The number of aromatic nitrogens is 1. The van der Waals surface area contributed by atoms with Crippen molar-refractivity contribution in [1.82, 2.24) is 0 Å². The number of carbonyl (C=O) groups excluding carboxylic acids is 1. The van der Waals surface area contributed by atoms with Crippen LogP contribution in [-0.2, 0) is 22.4 Å². The molecule has 1 atom stereocenters. The van der Waals surface area contributed by atoms with E-state index in [9.17, 15) is 13.6 Å². The first kappa shape index (κ1) is 16.2. The molecule has 1 rings (SSSR count). The van der Waals surface area contributed by atoms with E-state index in [0.29, 0.717) is 12.2 Å². The predicted octanol–water partition coefficient (Wildman–Crippen LogP) is 1.63. The lowest BCUT2D eigenvalue weighted by Gasteiger charge is -2.11. The Morgan fingerprint density at radius 3 is 2.72 bits per heavy atom. The van der Waals surface area contributed by atoms with Gasteiger partial charge in [0.25, 0.3) is 5.91 Å². The lowest BCUT2D eigenvalue weighted by atomic mass is 10.4. The Balaban J connectivity index is 2.70. The van der Waals surface area contributed by atoms with Gasteiger partial charge in [0.15, 0.2) is 18.9 Å². The average Bonchev–Trinajstić information content (AvgIpc) is 2.25. The Morgan fingerprint density at radius 1 is 1.50 bits per heavy atom. The van der Waals surface area contributed by atoms with Gasteiger partial charge in [0.1, 0.15) is 5.69 Å². The molecule has 0 aliphatic heterocycles. The molecule has 0 saturated heterocycles. The minimum atomic E-state index is -2.08.